The number of halogens is 2. The van der Waals surface area contributed by atoms with Gasteiger partial charge in [0.2, 0.25) is 5.91 Å². The molecule has 0 aromatic heterocycles. The van der Waals surface area contributed by atoms with Crippen molar-refractivity contribution in [2.45, 2.75) is 31.1 Å². The zero-order valence-electron chi connectivity index (χ0n) is 13.6. The van der Waals surface area contributed by atoms with Crippen LogP contribution in [0.15, 0.2) is 24.3 Å². The summed E-state index contributed by atoms with van der Waals surface area (Å²) in [5.41, 5.74) is 1.34. The minimum atomic E-state index is 0. The molecule has 23 heavy (non-hydrogen) atoms. The minimum Gasteiger partial charge on any atom is -0.383 e. The van der Waals surface area contributed by atoms with Crippen molar-refractivity contribution in [3.8, 4) is 0 Å². The fourth-order valence-corrected chi connectivity index (χ4v) is 3.26. The van der Waals surface area contributed by atoms with Crippen LogP contribution < -0.4 is 10.6 Å². The Morgan fingerprint density at radius 3 is 2.52 bits per heavy atom. The van der Waals surface area contributed by atoms with Crippen molar-refractivity contribution < 1.29 is 9.53 Å². The largest absolute Gasteiger partial charge is 0.383 e. The van der Waals surface area contributed by atoms with Gasteiger partial charge in [-0.15, -0.1) is 12.4 Å². The molecule has 0 unspecified atom stereocenters. The molecule has 0 saturated heterocycles. The predicted octanol–water partition coefficient (Wildman–Crippen LogP) is 2.93. The van der Waals surface area contributed by atoms with Gasteiger partial charge in [0, 0.05) is 30.6 Å². The van der Waals surface area contributed by atoms with Crippen molar-refractivity contribution in [2.75, 3.05) is 33.4 Å². The number of hydrogen-bond donors (Lipinski definition) is 2. The molecule has 0 aliphatic heterocycles. The number of nitrogens with one attached hydrogen (secondary N) is 2. The monoisotopic (exact) mass is 360 g/mol. The quantitative estimate of drug-likeness (QED) is 0.700. The van der Waals surface area contributed by atoms with Crippen LogP contribution >= 0.6 is 24.0 Å². The fraction of sp³-hybridized carbons (Fsp3) is 0.588. The zero-order valence-corrected chi connectivity index (χ0v) is 15.1. The van der Waals surface area contributed by atoms with E-state index >= 15 is 0 Å². The molecular weight excluding hydrogens is 335 g/mol. The molecule has 4 nitrogen and oxygen atoms in total. The fourth-order valence-electron chi connectivity index (χ4n) is 3.13. The summed E-state index contributed by atoms with van der Waals surface area (Å²) < 4.78 is 4.94. The Hall–Kier alpha value is -0.810. The summed E-state index contributed by atoms with van der Waals surface area (Å²) in [6, 6.07) is 8.06. The molecule has 0 atom stereocenters. The van der Waals surface area contributed by atoms with E-state index in [2.05, 4.69) is 22.8 Å². The Morgan fingerprint density at radius 2 is 1.91 bits per heavy atom. The molecule has 0 spiro atoms. The van der Waals surface area contributed by atoms with Crippen LogP contribution in [0.3, 0.4) is 0 Å². The molecule has 130 valence electrons. The number of rotatable bonds is 8. The van der Waals surface area contributed by atoms with Gasteiger partial charge in [0.1, 0.15) is 0 Å². The maximum Gasteiger partial charge on any atom is 0.233 e. The average molecular weight is 361 g/mol. The Bertz CT molecular complexity index is 474. The number of hydrogen-bond acceptors (Lipinski definition) is 3. The molecule has 1 aliphatic carbocycles. The number of methoxy groups -OCH3 is 1. The lowest BCUT2D eigenvalue weighted by Crippen LogP contribution is -2.42. The Kier molecular flexibility index (Phi) is 8.92. The Labute approximate surface area is 149 Å². The van der Waals surface area contributed by atoms with Crippen molar-refractivity contribution in [1.29, 1.82) is 0 Å². The maximum atomic E-state index is 12.0. The van der Waals surface area contributed by atoms with E-state index in [4.69, 9.17) is 16.3 Å². The Morgan fingerprint density at radius 1 is 1.26 bits per heavy atom. The van der Waals surface area contributed by atoms with Crippen LogP contribution in [0.4, 0.5) is 0 Å². The summed E-state index contributed by atoms with van der Waals surface area (Å²) in [4.78, 5) is 12.0. The van der Waals surface area contributed by atoms with E-state index in [0.29, 0.717) is 26.2 Å². The standard InChI is InChI=1S/C17H25ClN2O2.ClH/c1-22-11-10-19-12-16(21)20-13-17(8-2-3-9-17)14-4-6-15(18)7-5-14;/h4-7,19H,2-3,8-13H2,1H3,(H,20,21);1H. The van der Waals surface area contributed by atoms with E-state index in [9.17, 15) is 4.79 Å². The lowest BCUT2D eigenvalue weighted by molar-refractivity contribution is -0.120. The molecule has 1 aromatic rings. The third-order valence-electron chi connectivity index (χ3n) is 4.41. The molecule has 1 fully saturated rings. The van der Waals surface area contributed by atoms with Gasteiger partial charge in [0.25, 0.3) is 0 Å². The van der Waals surface area contributed by atoms with Crippen molar-refractivity contribution in [1.82, 2.24) is 10.6 Å². The summed E-state index contributed by atoms with van der Waals surface area (Å²) >= 11 is 5.99. The van der Waals surface area contributed by atoms with Gasteiger partial charge < -0.3 is 15.4 Å². The SMILES string of the molecule is COCCNCC(=O)NCC1(c2ccc(Cl)cc2)CCCC1.Cl. The predicted molar refractivity (Wildman–Crippen MR) is 96.6 cm³/mol. The van der Waals surface area contributed by atoms with E-state index in [-0.39, 0.29) is 23.7 Å². The second kappa shape index (κ2) is 10.1. The average Bonchev–Trinajstić information content (AvgIpc) is 3.00. The van der Waals surface area contributed by atoms with Crippen LogP contribution in [-0.4, -0.2) is 39.3 Å². The first-order valence-electron chi connectivity index (χ1n) is 7.89. The summed E-state index contributed by atoms with van der Waals surface area (Å²) in [5, 5.41) is 6.90. The molecule has 1 aliphatic rings. The Balaban J connectivity index is 0.00000264. The smallest absolute Gasteiger partial charge is 0.233 e. The summed E-state index contributed by atoms with van der Waals surface area (Å²) in [6.45, 7) is 2.33. The number of benzene rings is 1. The highest BCUT2D eigenvalue weighted by Crippen LogP contribution is 2.40. The van der Waals surface area contributed by atoms with Crippen LogP contribution in [0.25, 0.3) is 0 Å². The van der Waals surface area contributed by atoms with Gasteiger partial charge in [-0.2, -0.15) is 0 Å². The van der Waals surface area contributed by atoms with Crippen LogP contribution in [0.2, 0.25) is 5.02 Å². The van der Waals surface area contributed by atoms with Crippen molar-refractivity contribution >= 4 is 29.9 Å². The number of carbonyl (C=O) groups is 1. The van der Waals surface area contributed by atoms with E-state index in [1.807, 2.05) is 12.1 Å². The van der Waals surface area contributed by atoms with E-state index < -0.39 is 0 Å². The summed E-state index contributed by atoms with van der Waals surface area (Å²) in [7, 11) is 1.65. The van der Waals surface area contributed by atoms with Gasteiger partial charge >= 0.3 is 0 Å². The summed E-state index contributed by atoms with van der Waals surface area (Å²) in [5.74, 6) is 0.0383. The second-order valence-electron chi connectivity index (χ2n) is 5.94. The second-order valence-corrected chi connectivity index (χ2v) is 6.38. The van der Waals surface area contributed by atoms with Gasteiger partial charge in [-0.25, -0.2) is 0 Å². The van der Waals surface area contributed by atoms with E-state index in [0.717, 1.165) is 17.9 Å². The molecule has 2 rings (SSSR count). The van der Waals surface area contributed by atoms with Crippen LogP contribution in [0.5, 0.6) is 0 Å². The number of ether oxygens (including phenoxy) is 1. The molecule has 0 bridgehead atoms. The molecule has 1 amide bonds. The van der Waals surface area contributed by atoms with Crippen molar-refractivity contribution in [2.24, 2.45) is 0 Å². The van der Waals surface area contributed by atoms with E-state index in [1.54, 1.807) is 7.11 Å². The lowest BCUT2D eigenvalue weighted by Gasteiger charge is -2.30. The molecular formula is C17H26Cl2N2O2. The lowest BCUT2D eigenvalue weighted by atomic mass is 9.79. The van der Waals surface area contributed by atoms with Gasteiger partial charge in [0.05, 0.1) is 13.2 Å². The third-order valence-corrected chi connectivity index (χ3v) is 4.66. The van der Waals surface area contributed by atoms with Crippen LogP contribution in [0.1, 0.15) is 31.2 Å². The first-order valence-corrected chi connectivity index (χ1v) is 8.26. The van der Waals surface area contributed by atoms with Crippen LogP contribution in [0, 0.1) is 0 Å². The highest BCUT2D eigenvalue weighted by atomic mass is 35.5. The number of carbonyl (C=O) groups excluding carboxylic acids is 1. The molecule has 0 heterocycles. The topological polar surface area (TPSA) is 50.4 Å². The van der Waals surface area contributed by atoms with Gasteiger partial charge in [-0.1, -0.05) is 36.6 Å². The van der Waals surface area contributed by atoms with Crippen molar-refractivity contribution in [3.05, 3.63) is 34.9 Å². The third kappa shape index (κ3) is 5.96. The molecule has 6 heteroatoms. The first kappa shape index (κ1) is 20.2. The normalized spacial score (nSPS) is 15.9. The zero-order chi connectivity index (χ0) is 15.8. The number of amides is 1. The first-order chi connectivity index (χ1) is 10.7. The highest BCUT2D eigenvalue weighted by molar-refractivity contribution is 6.30. The molecule has 0 radical (unpaired) electrons. The summed E-state index contributed by atoms with van der Waals surface area (Å²) in [6.07, 6.45) is 4.66. The molecule has 2 N–H and O–H groups in total. The molecule has 1 aromatic carbocycles. The molecule has 1 saturated carbocycles. The van der Waals surface area contributed by atoms with E-state index in [1.165, 1.54) is 18.4 Å². The minimum absolute atomic E-state index is 0. The maximum absolute atomic E-state index is 12.0. The van der Waals surface area contributed by atoms with Gasteiger partial charge in [-0.3, -0.25) is 4.79 Å². The van der Waals surface area contributed by atoms with Crippen LogP contribution in [-0.2, 0) is 14.9 Å². The van der Waals surface area contributed by atoms with Gasteiger partial charge in [0.15, 0.2) is 0 Å². The van der Waals surface area contributed by atoms with Crippen molar-refractivity contribution in [3.63, 3.8) is 0 Å². The highest BCUT2D eigenvalue weighted by Gasteiger charge is 2.35. The van der Waals surface area contributed by atoms with Gasteiger partial charge in [-0.05, 0) is 30.5 Å².